The second-order valence-electron chi connectivity index (χ2n) is 6.18. The SMILES string of the molecule is COc1cc(NC(=O)COc2ccc(OCc3ccccc3)cc2)cc(OC)c1. The van der Waals surface area contributed by atoms with Crippen molar-refractivity contribution in [2.24, 2.45) is 0 Å². The molecule has 0 saturated heterocycles. The van der Waals surface area contributed by atoms with Gasteiger partial charge in [-0.1, -0.05) is 30.3 Å². The zero-order chi connectivity index (χ0) is 20.5. The van der Waals surface area contributed by atoms with Crippen LogP contribution in [0, 0.1) is 0 Å². The summed E-state index contributed by atoms with van der Waals surface area (Å²) in [5.74, 6) is 2.20. The van der Waals surface area contributed by atoms with E-state index in [2.05, 4.69) is 5.32 Å². The molecule has 3 aromatic rings. The van der Waals surface area contributed by atoms with Crippen LogP contribution in [-0.2, 0) is 11.4 Å². The van der Waals surface area contributed by atoms with Crippen LogP contribution in [0.5, 0.6) is 23.0 Å². The molecular weight excluding hydrogens is 370 g/mol. The van der Waals surface area contributed by atoms with Crippen LogP contribution in [0.15, 0.2) is 72.8 Å². The Kier molecular flexibility index (Phi) is 6.95. The molecule has 3 aromatic carbocycles. The zero-order valence-corrected chi connectivity index (χ0v) is 16.4. The highest BCUT2D eigenvalue weighted by Gasteiger charge is 2.07. The monoisotopic (exact) mass is 393 g/mol. The lowest BCUT2D eigenvalue weighted by molar-refractivity contribution is -0.118. The molecular formula is C23H23NO5. The van der Waals surface area contributed by atoms with Crippen molar-refractivity contribution in [3.8, 4) is 23.0 Å². The van der Waals surface area contributed by atoms with Crippen molar-refractivity contribution in [3.63, 3.8) is 0 Å². The Morgan fingerprint density at radius 1 is 0.759 bits per heavy atom. The quantitative estimate of drug-likeness (QED) is 0.587. The van der Waals surface area contributed by atoms with Gasteiger partial charge in [0.05, 0.1) is 14.2 Å². The van der Waals surface area contributed by atoms with Crippen LogP contribution in [0.4, 0.5) is 5.69 Å². The average Bonchev–Trinajstić information content (AvgIpc) is 2.77. The maximum Gasteiger partial charge on any atom is 0.262 e. The summed E-state index contributed by atoms with van der Waals surface area (Å²) in [6, 6.07) is 22.2. The summed E-state index contributed by atoms with van der Waals surface area (Å²) in [4.78, 5) is 12.2. The van der Waals surface area contributed by atoms with Crippen molar-refractivity contribution in [2.45, 2.75) is 6.61 Å². The van der Waals surface area contributed by atoms with E-state index in [1.807, 2.05) is 42.5 Å². The molecule has 6 nitrogen and oxygen atoms in total. The number of anilines is 1. The molecule has 0 spiro atoms. The van der Waals surface area contributed by atoms with Crippen LogP contribution in [0.1, 0.15) is 5.56 Å². The molecule has 150 valence electrons. The molecule has 1 amide bonds. The molecule has 0 atom stereocenters. The van der Waals surface area contributed by atoms with Crippen LogP contribution >= 0.6 is 0 Å². The largest absolute Gasteiger partial charge is 0.497 e. The van der Waals surface area contributed by atoms with Gasteiger partial charge in [0.15, 0.2) is 6.61 Å². The topological polar surface area (TPSA) is 66.0 Å². The maximum absolute atomic E-state index is 12.2. The molecule has 0 radical (unpaired) electrons. The fraction of sp³-hybridized carbons (Fsp3) is 0.174. The predicted molar refractivity (Wildman–Crippen MR) is 111 cm³/mol. The fourth-order valence-electron chi connectivity index (χ4n) is 2.60. The molecule has 0 aromatic heterocycles. The van der Waals surface area contributed by atoms with Crippen molar-refractivity contribution in [1.82, 2.24) is 0 Å². The van der Waals surface area contributed by atoms with Gasteiger partial charge in [0.2, 0.25) is 0 Å². The third-order valence-corrected chi connectivity index (χ3v) is 4.08. The third-order valence-electron chi connectivity index (χ3n) is 4.08. The van der Waals surface area contributed by atoms with E-state index in [9.17, 15) is 4.79 Å². The van der Waals surface area contributed by atoms with Gasteiger partial charge < -0.3 is 24.3 Å². The van der Waals surface area contributed by atoms with E-state index < -0.39 is 0 Å². The lowest BCUT2D eigenvalue weighted by atomic mass is 10.2. The van der Waals surface area contributed by atoms with Crippen LogP contribution in [0.2, 0.25) is 0 Å². The first kappa shape index (κ1) is 20.1. The molecule has 0 heterocycles. The molecule has 0 aliphatic carbocycles. The van der Waals surface area contributed by atoms with E-state index in [1.165, 1.54) is 0 Å². The fourth-order valence-corrected chi connectivity index (χ4v) is 2.60. The van der Waals surface area contributed by atoms with Crippen LogP contribution in [0.3, 0.4) is 0 Å². The standard InChI is InChI=1S/C23H23NO5/c1-26-21-12-18(13-22(14-21)27-2)24-23(25)16-29-20-10-8-19(9-11-20)28-15-17-6-4-3-5-7-17/h3-14H,15-16H2,1-2H3,(H,24,25). The first-order valence-electron chi connectivity index (χ1n) is 9.09. The minimum Gasteiger partial charge on any atom is -0.497 e. The number of amides is 1. The Labute approximate surface area is 170 Å². The van der Waals surface area contributed by atoms with Crippen LogP contribution < -0.4 is 24.3 Å². The lowest BCUT2D eigenvalue weighted by Gasteiger charge is -2.11. The minimum atomic E-state index is -0.287. The van der Waals surface area contributed by atoms with Gasteiger partial charge in [-0.25, -0.2) is 0 Å². The number of rotatable bonds is 9. The molecule has 0 unspecified atom stereocenters. The normalized spacial score (nSPS) is 10.1. The van der Waals surface area contributed by atoms with E-state index in [0.717, 1.165) is 11.3 Å². The van der Waals surface area contributed by atoms with Gasteiger partial charge in [0.25, 0.3) is 5.91 Å². The van der Waals surface area contributed by atoms with E-state index >= 15 is 0 Å². The average molecular weight is 393 g/mol. The van der Waals surface area contributed by atoms with Crippen molar-refractivity contribution >= 4 is 11.6 Å². The predicted octanol–water partition coefficient (Wildman–Crippen LogP) is 4.30. The number of carbonyl (C=O) groups is 1. The highest BCUT2D eigenvalue weighted by Crippen LogP contribution is 2.25. The number of methoxy groups -OCH3 is 2. The first-order valence-corrected chi connectivity index (χ1v) is 9.09. The van der Waals surface area contributed by atoms with Gasteiger partial charge >= 0.3 is 0 Å². The Balaban J connectivity index is 1.49. The molecule has 3 rings (SSSR count). The van der Waals surface area contributed by atoms with E-state index in [4.69, 9.17) is 18.9 Å². The van der Waals surface area contributed by atoms with Crippen molar-refractivity contribution in [3.05, 3.63) is 78.4 Å². The van der Waals surface area contributed by atoms with E-state index in [-0.39, 0.29) is 12.5 Å². The van der Waals surface area contributed by atoms with Gasteiger partial charge in [-0.05, 0) is 29.8 Å². The zero-order valence-electron chi connectivity index (χ0n) is 16.4. The minimum absolute atomic E-state index is 0.121. The molecule has 0 aliphatic rings. The summed E-state index contributed by atoms with van der Waals surface area (Å²) in [5.41, 5.74) is 1.66. The Bertz CT molecular complexity index is 904. The highest BCUT2D eigenvalue weighted by atomic mass is 16.5. The Hall–Kier alpha value is -3.67. The lowest BCUT2D eigenvalue weighted by Crippen LogP contribution is -2.20. The van der Waals surface area contributed by atoms with E-state index in [1.54, 1.807) is 44.6 Å². The summed E-state index contributed by atoms with van der Waals surface area (Å²) in [5, 5.41) is 2.76. The number of nitrogens with one attached hydrogen (secondary N) is 1. The smallest absolute Gasteiger partial charge is 0.262 e. The van der Waals surface area contributed by atoms with Crippen molar-refractivity contribution < 1.29 is 23.7 Å². The Morgan fingerprint density at radius 2 is 1.34 bits per heavy atom. The molecule has 29 heavy (non-hydrogen) atoms. The molecule has 6 heteroatoms. The van der Waals surface area contributed by atoms with Crippen molar-refractivity contribution in [1.29, 1.82) is 0 Å². The van der Waals surface area contributed by atoms with Crippen molar-refractivity contribution in [2.75, 3.05) is 26.1 Å². The van der Waals surface area contributed by atoms with Gasteiger partial charge in [-0.3, -0.25) is 4.79 Å². The first-order chi connectivity index (χ1) is 14.2. The van der Waals surface area contributed by atoms with Gasteiger partial charge in [0, 0.05) is 23.9 Å². The number of ether oxygens (including phenoxy) is 4. The molecule has 0 aliphatic heterocycles. The maximum atomic E-state index is 12.2. The second kappa shape index (κ2) is 10.0. The van der Waals surface area contributed by atoms with Crippen LogP contribution in [-0.4, -0.2) is 26.7 Å². The third kappa shape index (κ3) is 6.17. The van der Waals surface area contributed by atoms with Crippen LogP contribution in [0.25, 0.3) is 0 Å². The molecule has 0 fully saturated rings. The summed E-state index contributed by atoms with van der Waals surface area (Å²) >= 11 is 0. The molecule has 0 bridgehead atoms. The summed E-state index contributed by atoms with van der Waals surface area (Å²) in [7, 11) is 3.10. The Morgan fingerprint density at radius 3 is 1.93 bits per heavy atom. The number of hydrogen-bond acceptors (Lipinski definition) is 5. The number of carbonyl (C=O) groups excluding carboxylic acids is 1. The van der Waals surface area contributed by atoms with Gasteiger partial charge in [-0.2, -0.15) is 0 Å². The summed E-state index contributed by atoms with van der Waals surface area (Å²) in [6.45, 7) is 0.372. The molecule has 1 N–H and O–H groups in total. The molecule has 0 saturated carbocycles. The summed E-state index contributed by atoms with van der Waals surface area (Å²) in [6.07, 6.45) is 0. The number of hydrogen-bond donors (Lipinski definition) is 1. The number of benzene rings is 3. The second-order valence-corrected chi connectivity index (χ2v) is 6.18. The van der Waals surface area contributed by atoms with Gasteiger partial charge in [0.1, 0.15) is 29.6 Å². The van der Waals surface area contributed by atoms with E-state index in [0.29, 0.717) is 29.5 Å². The van der Waals surface area contributed by atoms with Gasteiger partial charge in [-0.15, -0.1) is 0 Å². The highest BCUT2D eigenvalue weighted by molar-refractivity contribution is 5.92. The summed E-state index contributed by atoms with van der Waals surface area (Å²) < 4.78 is 21.7.